The number of nitrogens with two attached hydrogens (primary N) is 1. The molecule has 1 saturated carbocycles. The van der Waals surface area contributed by atoms with E-state index >= 15 is 0 Å². The summed E-state index contributed by atoms with van der Waals surface area (Å²) in [5.74, 6) is 1.23. The number of aryl methyl sites for hydroxylation is 1. The van der Waals surface area contributed by atoms with Crippen LogP contribution in [0.5, 0.6) is 0 Å². The predicted octanol–water partition coefficient (Wildman–Crippen LogP) is 4.44. The Balaban J connectivity index is 2.08. The number of aromatic nitrogens is 2. The number of anilines is 1. The number of nitrogen functional groups attached to an aromatic ring is 1. The monoisotopic (exact) mass is 397 g/mol. The molecule has 1 aromatic heterocycles. The Bertz CT molecular complexity index is 681. The number of benzene rings is 1. The molecular weight excluding hydrogens is 380 g/mol. The standard InChI is InChI=1S/C16H17FIN3/c1-9-6-7-11(8-12(9)17)16-20-14(10-4-2-3-5-10)13(18)15(19)21-16/h6-8,10H,2-5H2,1H3,(H2,19,20,21). The predicted molar refractivity (Wildman–Crippen MR) is 90.5 cm³/mol. The summed E-state index contributed by atoms with van der Waals surface area (Å²) in [6, 6.07) is 5.07. The van der Waals surface area contributed by atoms with Crippen molar-refractivity contribution < 1.29 is 4.39 Å². The average Bonchev–Trinajstić information content (AvgIpc) is 2.98. The third-order valence-electron chi connectivity index (χ3n) is 4.07. The zero-order chi connectivity index (χ0) is 15.0. The van der Waals surface area contributed by atoms with E-state index in [1.807, 2.05) is 6.07 Å². The van der Waals surface area contributed by atoms with Gasteiger partial charge in [0.1, 0.15) is 11.6 Å². The van der Waals surface area contributed by atoms with Gasteiger partial charge in [0.25, 0.3) is 0 Å². The topological polar surface area (TPSA) is 51.8 Å². The van der Waals surface area contributed by atoms with Crippen LogP contribution >= 0.6 is 22.6 Å². The summed E-state index contributed by atoms with van der Waals surface area (Å²) in [5.41, 5.74) is 8.37. The maximum Gasteiger partial charge on any atom is 0.161 e. The lowest BCUT2D eigenvalue weighted by Crippen LogP contribution is -2.08. The van der Waals surface area contributed by atoms with Gasteiger partial charge in [0, 0.05) is 11.5 Å². The van der Waals surface area contributed by atoms with E-state index in [1.54, 1.807) is 13.0 Å². The van der Waals surface area contributed by atoms with E-state index in [-0.39, 0.29) is 5.82 Å². The smallest absolute Gasteiger partial charge is 0.161 e. The third kappa shape index (κ3) is 2.88. The zero-order valence-corrected chi connectivity index (χ0v) is 14.0. The molecule has 1 aliphatic rings. The van der Waals surface area contributed by atoms with Crippen molar-refractivity contribution in [2.24, 2.45) is 0 Å². The highest BCUT2D eigenvalue weighted by atomic mass is 127. The molecule has 3 rings (SSSR count). The lowest BCUT2D eigenvalue weighted by atomic mass is 10.0. The summed E-state index contributed by atoms with van der Waals surface area (Å²) in [6.45, 7) is 1.74. The molecule has 0 saturated heterocycles. The van der Waals surface area contributed by atoms with Crippen LogP contribution in [0.25, 0.3) is 11.4 Å². The Kier molecular flexibility index (Phi) is 4.10. The van der Waals surface area contributed by atoms with Gasteiger partial charge in [-0.1, -0.05) is 25.0 Å². The Morgan fingerprint density at radius 1 is 1.24 bits per heavy atom. The Morgan fingerprint density at radius 2 is 1.95 bits per heavy atom. The van der Waals surface area contributed by atoms with Crippen LogP contribution in [0, 0.1) is 16.3 Å². The molecule has 1 aliphatic carbocycles. The zero-order valence-electron chi connectivity index (χ0n) is 11.9. The van der Waals surface area contributed by atoms with Gasteiger partial charge in [0.15, 0.2) is 5.82 Å². The highest BCUT2D eigenvalue weighted by Gasteiger charge is 2.23. The van der Waals surface area contributed by atoms with Gasteiger partial charge >= 0.3 is 0 Å². The summed E-state index contributed by atoms with van der Waals surface area (Å²) < 4.78 is 14.7. The number of hydrogen-bond acceptors (Lipinski definition) is 3. The minimum atomic E-state index is -0.240. The van der Waals surface area contributed by atoms with Crippen molar-refractivity contribution in [3.8, 4) is 11.4 Å². The maximum absolute atomic E-state index is 13.8. The molecule has 0 bridgehead atoms. The van der Waals surface area contributed by atoms with Crippen molar-refractivity contribution in [2.75, 3.05) is 5.73 Å². The number of nitrogens with zero attached hydrogens (tertiary/aromatic N) is 2. The summed E-state index contributed by atoms with van der Waals surface area (Å²) >= 11 is 2.22. The van der Waals surface area contributed by atoms with E-state index < -0.39 is 0 Å². The fourth-order valence-electron chi connectivity index (χ4n) is 2.81. The second-order valence-electron chi connectivity index (χ2n) is 5.58. The average molecular weight is 397 g/mol. The second kappa shape index (κ2) is 5.87. The van der Waals surface area contributed by atoms with Gasteiger partial charge in [0.05, 0.1) is 9.26 Å². The first-order valence-electron chi connectivity index (χ1n) is 7.15. The highest BCUT2D eigenvalue weighted by molar-refractivity contribution is 14.1. The quantitative estimate of drug-likeness (QED) is 0.763. The fraction of sp³-hybridized carbons (Fsp3) is 0.375. The molecule has 3 nitrogen and oxygen atoms in total. The maximum atomic E-state index is 13.8. The lowest BCUT2D eigenvalue weighted by Gasteiger charge is -2.14. The summed E-state index contributed by atoms with van der Waals surface area (Å²) in [4.78, 5) is 9.03. The Labute approximate surface area is 137 Å². The summed E-state index contributed by atoms with van der Waals surface area (Å²) in [6.07, 6.45) is 4.76. The first-order chi connectivity index (χ1) is 10.1. The van der Waals surface area contributed by atoms with Gasteiger partial charge in [-0.15, -0.1) is 0 Å². The second-order valence-corrected chi connectivity index (χ2v) is 6.66. The number of hydrogen-bond donors (Lipinski definition) is 1. The number of halogens is 2. The molecule has 1 heterocycles. The van der Waals surface area contributed by atoms with Crippen LogP contribution < -0.4 is 5.73 Å². The third-order valence-corrected chi connectivity index (χ3v) is 5.18. The lowest BCUT2D eigenvalue weighted by molar-refractivity contribution is 0.619. The van der Waals surface area contributed by atoms with Crippen molar-refractivity contribution in [1.29, 1.82) is 0 Å². The minimum Gasteiger partial charge on any atom is -0.383 e. The van der Waals surface area contributed by atoms with E-state index in [2.05, 4.69) is 27.6 Å². The Morgan fingerprint density at radius 3 is 2.62 bits per heavy atom. The van der Waals surface area contributed by atoms with Gasteiger partial charge < -0.3 is 5.73 Å². The SMILES string of the molecule is Cc1ccc(-c2nc(N)c(I)c(C3CCCC3)n2)cc1F. The number of rotatable bonds is 2. The fourth-order valence-corrected chi connectivity index (χ4v) is 3.49. The Hall–Kier alpha value is -1.24. The highest BCUT2D eigenvalue weighted by Crippen LogP contribution is 2.37. The molecule has 2 aromatic rings. The molecule has 0 aliphatic heterocycles. The molecular formula is C16H17FIN3. The molecule has 0 radical (unpaired) electrons. The van der Waals surface area contributed by atoms with E-state index in [4.69, 9.17) is 10.7 Å². The molecule has 0 unspecified atom stereocenters. The molecule has 0 atom stereocenters. The van der Waals surface area contributed by atoms with Crippen molar-refractivity contribution in [3.63, 3.8) is 0 Å². The first kappa shape index (κ1) is 14.7. The van der Waals surface area contributed by atoms with Gasteiger partial charge in [0.2, 0.25) is 0 Å². The molecule has 0 spiro atoms. The van der Waals surface area contributed by atoms with Gasteiger partial charge in [-0.25, -0.2) is 14.4 Å². The normalized spacial score (nSPS) is 15.6. The molecule has 5 heteroatoms. The van der Waals surface area contributed by atoms with E-state index in [9.17, 15) is 4.39 Å². The van der Waals surface area contributed by atoms with Crippen LogP contribution in [0.15, 0.2) is 18.2 Å². The molecule has 110 valence electrons. The van der Waals surface area contributed by atoms with Gasteiger partial charge in [-0.2, -0.15) is 0 Å². The van der Waals surface area contributed by atoms with Crippen molar-refractivity contribution in [1.82, 2.24) is 9.97 Å². The molecule has 2 N–H and O–H groups in total. The van der Waals surface area contributed by atoms with Crippen LogP contribution in [0.4, 0.5) is 10.2 Å². The largest absolute Gasteiger partial charge is 0.383 e. The summed E-state index contributed by atoms with van der Waals surface area (Å²) in [5, 5.41) is 0. The van der Waals surface area contributed by atoms with Gasteiger partial charge in [-0.05, 0) is 54.0 Å². The molecule has 1 fully saturated rings. The van der Waals surface area contributed by atoms with Crippen LogP contribution in [0.1, 0.15) is 42.9 Å². The van der Waals surface area contributed by atoms with Crippen LogP contribution in [-0.4, -0.2) is 9.97 Å². The van der Waals surface area contributed by atoms with Crippen molar-refractivity contribution in [2.45, 2.75) is 38.5 Å². The van der Waals surface area contributed by atoms with E-state index in [1.165, 1.54) is 18.9 Å². The molecule has 1 aromatic carbocycles. The van der Waals surface area contributed by atoms with Crippen molar-refractivity contribution in [3.05, 3.63) is 38.8 Å². The van der Waals surface area contributed by atoms with E-state index in [0.29, 0.717) is 28.7 Å². The van der Waals surface area contributed by atoms with Crippen LogP contribution in [0.3, 0.4) is 0 Å². The molecule has 21 heavy (non-hydrogen) atoms. The van der Waals surface area contributed by atoms with Crippen LogP contribution in [-0.2, 0) is 0 Å². The van der Waals surface area contributed by atoms with E-state index in [0.717, 1.165) is 22.1 Å². The van der Waals surface area contributed by atoms with Gasteiger partial charge in [-0.3, -0.25) is 0 Å². The first-order valence-corrected chi connectivity index (χ1v) is 8.23. The van der Waals surface area contributed by atoms with Crippen molar-refractivity contribution >= 4 is 28.4 Å². The summed E-state index contributed by atoms with van der Waals surface area (Å²) in [7, 11) is 0. The molecule has 0 amide bonds. The minimum absolute atomic E-state index is 0.240. The van der Waals surface area contributed by atoms with Crippen LogP contribution in [0.2, 0.25) is 0 Å².